The van der Waals surface area contributed by atoms with Gasteiger partial charge in [-0.1, -0.05) is 12.1 Å². The van der Waals surface area contributed by atoms with Crippen LogP contribution in [0.2, 0.25) is 0 Å². The first kappa shape index (κ1) is 17.3. The predicted octanol–water partition coefficient (Wildman–Crippen LogP) is 2.92. The number of hydrogen-bond donors (Lipinski definition) is 2. The summed E-state index contributed by atoms with van der Waals surface area (Å²) in [4.78, 5) is 10.5. The van der Waals surface area contributed by atoms with Crippen LogP contribution in [0, 0.1) is 11.3 Å². The van der Waals surface area contributed by atoms with Gasteiger partial charge in [0.1, 0.15) is 17.4 Å². The third-order valence-corrected chi connectivity index (χ3v) is 4.08. The van der Waals surface area contributed by atoms with Gasteiger partial charge in [0, 0.05) is 50.0 Å². The Hall–Kier alpha value is -3.53. The van der Waals surface area contributed by atoms with Crippen molar-refractivity contribution in [1.82, 2.24) is 9.88 Å². The van der Waals surface area contributed by atoms with Crippen LogP contribution in [0.1, 0.15) is 0 Å². The van der Waals surface area contributed by atoms with Gasteiger partial charge in [-0.2, -0.15) is 5.26 Å². The maximum atomic E-state index is 9.02. The summed E-state index contributed by atoms with van der Waals surface area (Å²) in [5.41, 5.74) is 2.97. The lowest BCUT2D eigenvalue weighted by atomic mass is 10.1. The minimum atomic E-state index is -0.348. The molecular weight excluding hydrogens is 328 g/mol. The molecule has 0 spiro atoms. The molecule has 0 fully saturated rings. The molecule has 0 saturated carbocycles. The van der Waals surface area contributed by atoms with Crippen LogP contribution in [0.5, 0.6) is 5.75 Å². The third-order valence-electron chi connectivity index (χ3n) is 4.08. The van der Waals surface area contributed by atoms with E-state index in [0.717, 1.165) is 22.6 Å². The molecule has 0 amide bonds. The van der Waals surface area contributed by atoms with Crippen molar-refractivity contribution in [2.45, 2.75) is 6.04 Å². The monoisotopic (exact) mass is 348 g/mol. The predicted molar refractivity (Wildman–Crippen MR) is 103 cm³/mol. The number of anilines is 2. The average molecular weight is 348 g/mol. The van der Waals surface area contributed by atoms with Gasteiger partial charge < -0.3 is 20.3 Å². The Morgan fingerprint density at radius 2 is 2.04 bits per heavy atom. The lowest BCUT2D eigenvalue weighted by molar-refractivity contribution is 0.415. The van der Waals surface area contributed by atoms with Crippen molar-refractivity contribution in [3.63, 3.8) is 0 Å². The van der Waals surface area contributed by atoms with Crippen molar-refractivity contribution >= 4 is 17.7 Å². The summed E-state index contributed by atoms with van der Waals surface area (Å²) >= 11 is 0. The van der Waals surface area contributed by atoms with E-state index in [0.29, 0.717) is 11.6 Å². The highest BCUT2D eigenvalue weighted by Crippen LogP contribution is 2.30. The quantitative estimate of drug-likeness (QED) is 0.864. The Morgan fingerprint density at radius 3 is 2.65 bits per heavy atom. The number of rotatable bonds is 5. The molecule has 2 N–H and O–H groups in total. The van der Waals surface area contributed by atoms with Gasteiger partial charge >= 0.3 is 0 Å². The van der Waals surface area contributed by atoms with Crippen LogP contribution in [-0.2, 0) is 0 Å². The number of pyridine rings is 1. The highest BCUT2D eigenvalue weighted by atomic mass is 16.5. The van der Waals surface area contributed by atoms with Crippen LogP contribution in [0.15, 0.2) is 53.5 Å². The molecule has 0 saturated heterocycles. The SMILES string of the molecule is CNc1cc(NC2=CN(C)C(C#N)C=N2)ncc1-c1ccc(OC)cc1. The number of aliphatic imine (C=N–C) groups is 1. The Bertz CT molecular complexity index is 882. The summed E-state index contributed by atoms with van der Waals surface area (Å²) in [6.45, 7) is 0. The van der Waals surface area contributed by atoms with Gasteiger partial charge in [0.15, 0.2) is 6.04 Å². The Kier molecular flexibility index (Phi) is 5.04. The van der Waals surface area contributed by atoms with E-state index in [2.05, 4.69) is 26.7 Å². The van der Waals surface area contributed by atoms with Crippen LogP contribution in [-0.4, -0.2) is 43.3 Å². The number of benzene rings is 1. The van der Waals surface area contributed by atoms with Crippen molar-refractivity contribution in [2.75, 3.05) is 31.8 Å². The second-order valence-corrected chi connectivity index (χ2v) is 5.75. The molecule has 1 aromatic heterocycles. The average Bonchev–Trinajstić information content (AvgIpc) is 2.68. The Balaban J connectivity index is 1.83. The number of aromatic nitrogens is 1. The summed E-state index contributed by atoms with van der Waals surface area (Å²) in [5.74, 6) is 2.11. The van der Waals surface area contributed by atoms with Gasteiger partial charge in [0.25, 0.3) is 0 Å². The summed E-state index contributed by atoms with van der Waals surface area (Å²) in [5, 5.41) is 15.4. The minimum Gasteiger partial charge on any atom is -0.497 e. The molecule has 7 nitrogen and oxygen atoms in total. The molecule has 7 heteroatoms. The topological polar surface area (TPSA) is 85.6 Å². The number of ether oxygens (including phenoxy) is 1. The number of nitriles is 1. The molecule has 1 aromatic carbocycles. The Labute approximate surface area is 152 Å². The highest BCUT2D eigenvalue weighted by Gasteiger charge is 2.14. The molecular formula is C19H20N6O. The van der Waals surface area contributed by atoms with E-state index < -0.39 is 0 Å². The second-order valence-electron chi connectivity index (χ2n) is 5.75. The molecule has 1 aliphatic rings. The number of nitrogens with one attached hydrogen (secondary N) is 2. The lowest BCUT2D eigenvalue weighted by Gasteiger charge is -2.22. The molecule has 1 aliphatic heterocycles. The zero-order valence-corrected chi connectivity index (χ0v) is 14.9. The van der Waals surface area contributed by atoms with Crippen molar-refractivity contribution in [1.29, 1.82) is 5.26 Å². The maximum Gasteiger partial charge on any atom is 0.152 e. The van der Waals surface area contributed by atoms with E-state index >= 15 is 0 Å². The van der Waals surface area contributed by atoms with Gasteiger partial charge in [-0.3, -0.25) is 0 Å². The summed E-state index contributed by atoms with van der Waals surface area (Å²) < 4.78 is 5.20. The Morgan fingerprint density at radius 1 is 1.27 bits per heavy atom. The van der Waals surface area contributed by atoms with E-state index in [1.165, 1.54) is 0 Å². The molecule has 1 unspecified atom stereocenters. The van der Waals surface area contributed by atoms with E-state index in [-0.39, 0.29) is 6.04 Å². The molecule has 26 heavy (non-hydrogen) atoms. The zero-order chi connectivity index (χ0) is 18.5. The first-order chi connectivity index (χ1) is 12.6. The minimum absolute atomic E-state index is 0.348. The summed E-state index contributed by atoms with van der Waals surface area (Å²) in [6.07, 6.45) is 5.20. The van der Waals surface area contributed by atoms with Crippen molar-refractivity contribution in [2.24, 2.45) is 4.99 Å². The lowest BCUT2D eigenvalue weighted by Crippen LogP contribution is -2.30. The second kappa shape index (κ2) is 7.57. The van der Waals surface area contributed by atoms with Gasteiger partial charge in [0.2, 0.25) is 0 Å². The smallest absolute Gasteiger partial charge is 0.152 e. The third kappa shape index (κ3) is 3.59. The van der Waals surface area contributed by atoms with Gasteiger partial charge in [0.05, 0.1) is 13.2 Å². The number of hydrogen-bond acceptors (Lipinski definition) is 7. The largest absolute Gasteiger partial charge is 0.497 e. The molecule has 1 atom stereocenters. The van der Waals surface area contributed by atoms with Crippen LogP contribution < -0.4 is 15.4 Å². The first-order valence-electron chi connectivity index (χ1n) is 8.11. The van der Waals surface area contributed by atoms with Crippen molar-refractivity contribution < 1.29 is 4.74 Å². The highest BCUT2D eigenvalue weighted by molar-refractivity contribution is 5.79. The summed E-state index contributed by atoms with van der Waals surface area (Å²) in [7, 11) is 5.35. The van der Waals surface area contributed by atoms with Gasteiger partial charge in [-0.05, 0) is 17.7 Å². The maximum absolute atomic E-state index is 9.02. The summed E-state index contributed by atoms with van der Waals surface area (Å²) in [6, 6.07) is 11.6. The molecule has 0 bridgehead atoms. The van der Waals surface area contributed by atoms with Crippen LogP contribution >= 0.6 is 0 Å². The molecule has 2 aromatic rings. The first-order valence-corrected chi connectivity index (χ1v) is 8.11. The van der Waals surface area contributed by atoms with Crippen LogP contribution in [0.4, 0.5) is 11.5 Å². The molecule has 2 heterocycles. The van der Waals surface area contributed by atoms with E-state index in [9.17, 15) is 0 Å². The fourth-order valence-corrected chi connectivity index (χ4v) is 2.61. The normalized spacial score (nSPS) is 15.8. The van der Waals surface area contributed by atoms with Crippen molar-refractivity contribution in [3.05, 3.63) is 48.5 Å². The fraction of sp³-hybridized carbons (Fsp3) is 0.211. The van der Waals surface area contributed by atoms with Crippen LogP contribution in [0.3, 0.4) is 0 Å². The van der Waals surface area contributed by atoms with Crippen molar-refractivity contribution in [3.8, 4) is 22.9 Å². The van der Waals surface area contributed by atoms with E-state index in [1.54, 1.807) is 24.4 Å². The van der Waals surface area contributed by atoms with E-state index in [1.807, 2.05) is 50.6 Å². The molecule has 132 valence electrons. The van der Waals surface area contributed by atoms with Gasteiger partial charge in [-0.25, -0.2) is 9.98 Å². The zero-order valence-electron chi connectivity index (χ0n) is 14.9. The number of nitrogens with zero attached hydrogens (tertiary/aromatic N) is 4. The molecule has 0 aliphatic carbocycles. The van der Waals surface area contributed by atoms with E-state index in [4.69, 9.17) is 10.00 Å². The van der Waals surface area contributed by atoms with Crippen LogP contribution in [0.25, 0.3) is 11.1 Å². The molecule has 3 rings (SSSR count). The van der Waals surface area contributed by atoms with Gasteiger partial charge in [-0.15, -0.1) is 0 Å². The standard InChI is InChI=1S/C19H20N6O/c1-21-17-8-18(24-19-12-25(2)14(9-20)10-22-19)23-11-16(17)13-4-6-15(26-3)7-5-13/h4-8,10-12,14H,1-3H3,(H2,21,23,24). The molecule has 0 radical (unpaired) electrons. The fourth-order valence-electron chi connectivity index (χ4n) is 2.61. The number of methoxy groups -OCH3 is 1.